The second-order valence-electron chi connectivity index (χ2n) is 24.9. The third-order valence-corrected chi connectivity index (χ3v) is 21.4. The van der Waals surface area contributed by atoms with Crippen LogP contribution in [-0.2, 0) is 10.8 Å². The molecule has 7 atom stereocenters. The molecule has 10 aliphatic carbocycles. The van der Waals surface area contributed by atoms with Gasteiger partial charge in [-0.05, 0) is 183 Å². The number of nitrogens with zero attached hydrogens (tertiary/aromatic N) is 3. The van der Waals surface area contributed by atoms with Crippen LogP contribution in [0.25, 0.3) is 82.6 Å². The van der Waals surface area contributed by atoms with E-state index >= 15 is 0 Å². The molecule has 6 bridgehead atoms. The Balaban J connectivity index is 1.06. The highest BCUT2D eigenvalue weighted by Crippen LogP contribution is 2.82. The summed E-state index contributed by atoms with van der Waals surface area (Å²) in [5, 5.41) is 6.02. The number of hydrogen-bond donors (Lipinski definition) is 0. The third-order valence-electron chi connectivity index (χ3n) is 21.4. The van der Waals surface area contributed by atoms with Gasteiger partial charge in [-0.25, -0.2) is 0 Å². The monoisotopic (exact) mass is 865 g/mol. The maximum Gasteiger partial charge on any atom is 0.0728 e. The van der Waals surface area contributed by atoms with Crippen LogP contribution in [0.1, 0.15) is 154 Å². The molecule has 4 aromatic heterocycles. The van der Waals surface area contributed by atoms with E-state index in [-0.39, 0.29) is 10.8 Å². The van der Waals surface area contributed by atoms with Crippen LogP contribution < -0.4 is 0 Å². The first-order chi connectivity index (χ1) is 32.7. The number of benzene rings is 5. The molecule has 326 valence electrons. The fourth-order valence-electron chi connectivity index (χ4n) is 19.1. The Labute approximate surface area is 392 Å². The van der Waals surface area contributed by atoms with Gasteiger partial charge in [0.25, 0.3) is 0 Å². The molecule has 19 rings (SSSR count). The fourth-order valence-corrected chi connectivity index (χ4v) is 19.1. The maximum absolute atomic E-state index is 5.73. The van der Waals surface area contributed by atoms with Gasteiger partial charge in [-0.1, -0.05) is 113 Å². The van der Waals surface area contributed by atoms with Crippen LogP contribution in [0.3, 0.4) is 0 Å². The van der Waals surface area contributed by atoms with Gasteiger partial charge in [-0.2, -0.15) is 0 Å². The lowest BCUT2D eigenvalue weighted by atomic mass is 9.62. The predicted octanol–water partition coefficient (Wildman–Crippen LogP) is 16.0. The Hall–Kier alpha value is -5.80. The van der Waals surface area contributed by atoms with E-state index in [9.17, 15) is 0 Å². The Bertz CT molecular complexity index is 3810. The van der Waals surface area contributed by atoms with Crippen LogP contribution in [0.2, 0.25) is 0 Å². The number of aromatic nitrogens is 3. The van der Waals surface area contributed by atoms with Gasteiger partial charge in [0.05, 0.1) is 28.9 Å². The average molecular weight is 866 g/mol. The van der Waals surface area contributed by atoms with Crippen molar-refractivity contribution in [2.45, 2.75) is 120 Å². The standard InChI is InChI=1S/C64H55N3/c1-62(2)45-17-7-5-11-37(45)39-13-9-15-41(57(39)62)43-26-44(42-16-10-14-40-38-12-6-8-18-46(38)63(3,4)58(40)42)53-56-50(30-66-60-35-24-36-27-64(47(36)25-35)28-48(64)54(56)60)67-49-29-65-59-34-22-31-19-32(23-34)21-33(20-31)51(59)55(49)52(43)61(53)67/h5-18,26,29-36,47-48H,19-25,27-28H2,1-4H3. The molecule has 67 heavy (non-hydrogen) atoms. The minimum absolute atomic E-state index is 0.161. The number of hydrogen-bond acceptors (Lipinski definition) is 2. The van der Waals surface area contributed by atoms with Gasteiger partial charge >= 0.3 is 0 Å². The van der Waals surface area contributed by atoms with Crippen LogP contribution >= 0.6 is 0 Å². The Morgan fingerprint density at radius 3 is 1.60 bits per heavy atom. The van der Waals surface area contributed by atoms with Crippen molar-refractivity contribution < 1.29 is 0 Å². The van der Waals surface area contributed by atoms with Gasteiger partial charge in [0, 0.05) is 55.6 Å². The highest BCUT2D eigenvalue weighted by Gasteiger charge is 2.72. The average Bonchev–Trinajstić information content (AvgIpc) is 3.49. The maximum atomic E-state index is 5.73. The van der Waals surface area contributed by atoms with Crippen molar-refractivity contribution in [3.63, 3.8) is 0 Å². The van der Waals surface area contributed by atoms with E-state index in [2.05, 4.69) is 135 Å². The van der Waals surface area contributed by atoms with Gasteiger partial charge in [0.1, 0.15) is 0 Å². The van der Waals surface area contributed by atoms with E-state index in [4.69, 9.17) is 9.97 Å². The summed E-state index contributed by atoms with van der Waals surface area (Å²) >= 11 is 0. The molecular formula is C64H55N3. The van der Waals surface area contributed by atoms with Crippen molar-refractivity contribution in [2.75, 3.05) is 0 Å². The summed E-state index contributed by atoms with van der Waals surface area (Å²) in [5.74, 6) is 5.81. The number of rotatable bonds is 2. The predicted molar refractivity (Wildman–Crippen MR) is 272 cm³/mol. The van der Waals surface area contributed by atoms with Crippen LogP contribution in [0.5, 0.6) is 0 Å². The lowest BCUT2D eigenvalue weighted by molar-refractivity contribution is 0.0725. The van der Waals surface area contributed by atoms with Crippen molar-refractivity contribution >= 4 is 38.1 Å². The molecule has 9 aromatic rings. The van der Waals surface area contributed by atoms with Gasteiger partial charge in [0.2, 0.25) is 0 Å². The van der Waals surface area contributed by atoms with E-state index in [0.717, 1.165) is 23.7 Å². The minimum Gasteiger partial charge on any atom is -0.305 e. The summed E-state index contributed by atoms with van der Waals surface area (Å²) in [4.78, 5) is 11.4. The minimum atomic E-state index is -0.162. The summed E-state index contributed by atoms with van der Waals surface area (Å²) in [6.07, 6.45) is 16.9. The summed E-state index contributed by atoms with van der Waals surface area (Å²) in [5.41, 5.74) is 27.5. The molecule has 0 aliphatic heterocycles. The molecule has 0 N–H and O–H groups in total. The molecule has 7 unspecified atom stereocenters. The Kier molecular flexibility index (Phi) is 6.16. The number of fused-ring (bicyclic) bond motifs is 17. The molecule has 0 amide bonds. The highest BCUT2D eigenvalue weighted by atomic mass is 15.0. The molecule has 3 heteroatoms. The molecule has 10 aliphatic rings. The molecule has 0 radical (unpaired) electrons. The zero-order chi connectivity index (χ0) is 43.8. The second kappa shape index (κ2) is 11.4. The topological polar surface area (TPSA) is 30.2 Å². The van der Waals surface area contributed by atoms with Gasteiger partial charge in [-0.3, -0.25) is 9.97 Å². The summed E-state index contributed by atoms with van der Waals surface area (Å²) in [6, 6.07) is 35.9. The van der Waals surface area contributed by atoms with Gasteiger partial charge < -0.3 is 4.40 Å². The lowest BCUT2D eigenvalue weighted by Gasteiger charge is -2.43. The van der Waals surface area contributed by atoms with Crippen LogP contribution in [0.4, 0.5) is 0 Å². The highest BCUT2D eigenvalue weighted by molar-refractivity contribution is 6.32. The van der Waals surface area contributed by atoms with Crippen LogP contribution in [-0.4, -0.2) is 14.4 Å². The molecule has 5 saturated carbocycles. The first kappa shape index (κ1) is 36.3. The molecule has 5 aromatic carbocycles. The first-order valence-corrected chi connectivity index (χ1v) is 26.2. The van der Waals surface area contributed by atoms with E-state index in [1.165, 1.54) is 174 Å². The summed E-state index contributed by atoms with van der Waals surface area (Å²) in [6.45, 7) is 9.97. The molecule has 3 nitrogen and oxygen atoms in total. The molecule has 5 fully saturated rings. The van der Waals surface area contributed by atoms with Crippen molar-refractivity contribution in [2.24, 2.45) is 29.1 Å². The smallest absolute Gasteiger partial charge is 0.0728 e. The third kappa shape index (κ3) is 3.99. The summed E-state index contributed by atoms with van der Waals surface area (Å²) < 4.78 is 2.76. The Morgan fingerprint density at radius 2 is 0.985 bits per heavy atom. The van der Waals surface area contributed by atoms with Crippen molar-refractivity contribution in [3.05, 3.63) is 148 Å². The van der Waals surface area contributed by atoms with Gasteiger partial charge in [0.15, 0.2) is 0 Å². The second-order valence-corrected chi connectivity index (χ2v) is 24.9. The van der Waals surface area contributed by atoms with Crippen molar-refractivity contribution in [1.29, 1.82) is 0 Å². The van der Waals surface area contributed by atoms with Crippen LogP contribution in [0, 0.1) is 29.1 Å². The normalized spacial score (nSPS) is 30.7. The largest absolute Gasteiger partial charge is 0.305 e. The van der Waals surface area contributed by atoms with E-state index in [1.807, 2.05) is 0 Å². The zero-order valence-electron chi connectivity index (χ0n) is 39.1. The molecule has 0 saturated heterocycles. The van der Waals surface area contributed by atoms with Gasteiger partial charge in [-0.15, -0.1) is 0 Å². The molecule has 1 spiro atoms. The van der Waals surface area contributed by atoms with Crippen molar-refractivity contribution in [3.8, 4) is 44.5 Å². The van der Waals surface area contributed by atoms with Crippen molar-refractivity contribution in [1.82, 2.24) is 14.4 Å². The lowest BCUT2D eigenvalue weighted by Crippen LogP contribution is -2.35. The number of pyridine rings is 2. The van der Waals surface area contributed by atoms with E-state index < -0.39 is 0 Å². The quantitative estimate of drug-likeness (QED) is 0.173. The van der Waals surface area contributed by atoms with E-state index in [0.29, 0.717) is 29.1 Å². The summed E-state index contributed by atoms with van der Waals surface area (Å²) in [7, 11) is 0. The molecular weight excluding hydrogens is 811 g/mol. The van der Waals surface area contributed by atoms with E-state index in [1.54, 1.807) is 11.1 Å². The van der Waals surface area contributed by atoms with Crippen LogP contribution in [0.15, 0.2) is 103 Å². The molecule has 4 heterocycles. The fraction of sp³-hybridized carbons (Fsp3) is 0.375. The zero-order valence-corrected chi connectivity index (χ0v) is 39.1. The Morgan fingerprint density at radius 1 is 0.478 bits per heavy atom. The first-order valence-electron chi connectivity index (χ1n) is 26.2. The SMILES string of the molecule is CC1(C)c2ccccc2-c2cccc(-c3cc(-c4cccc5c4C(C)(C)c4ccccc4-5)c4c5c6c(ncc5n5c7cnc8c(c7c3c45)C3CC4CC(CC8C4)C3)C3CC4CC5(CC65)C4C3)c21.